The number of carboxylic acids is 1. The Bertz CT molecular complexity index is 590. The summed E-state index contributed by atoms with van der Waals surface area (Å²) in [5.41, 5.74) is 7.87. The highest BCUT2D eigenvalue weighted by molar-refractivity contribution is 6.18. The maximum Gasteiger partial charge on any atom is 0.326 e. The number of aliphatic carboxylic acids is 1. The fourth-order valence-electron chi connectivity index (χ4n) is 2.74. The number of rotatable bonds is 12. The van der Waals surface area contributed by atoms with E-state index in [0.29, 0.717) is 37.7 Å². The standard InChI is InChI=1S/C19H29Cl2N3O3/c1-13(2)11-17(19(26)27)23-18(25)16(22)12-14-3-5-15(6-4-14)24(9-7-20)10-8-21/h3-6,13,16-17H,7-12,22H2,1-2H3,(H,23,25)(H,26,27)/t16-,17-/m0/s1. The first-order valence-electron chi connectivity index (χ1n) is 9.03. The number of benzene rings is 1. The Balaban J connectivity index is 2.68. The van der Waals surface area contributed by atoms with Crippen molar-refractivity contribution in [2.45, 2.75) is 38.8 Å². The van der Waals surface area contributed by atoms with Crippen LogP contribution in [0.4, 0.5) is 5.69 Å². The van der Waals surface area contributed by atoms with Gasteiger partial charge in [-0.25, -0.2) is 4.79 Å². The highest BCUT2D eigenvalue weighted by atomic mass is 35.5. The number of nitrogens with one attached hydrogen (secondary N) is 1. The van der Waals surface area contributed by atoms with E-state index in [1.165, 1.54) is 0 Å². The summed E-state index contributed by atoms with van der Waals surface area (Å²) in [6.07, 6.45) is 0.685. The molecule has 0 aliphatic rings. The molecule has 0 heterocycles. The van der Waals surface area contributed by atoms with Crippen molar-refractivity contribution in [3.8, 4) is 0 Å². The monoisotopic (exact) mass is 417 g/mol. The third-order valence-electron chi connectivity index (χ3n) is 4.12. The summed E-state index contributed by atoms with van der Waals surface area (Å²) in [7, 11) is 0. The van der Waals surface area contributed by atoms with E-state index in [1.54, 1.807) is 0 Å². The third kappa shape index (κ3) is 8.37. The molecule has 2 atom stereocenters. The van der Waals surface area contributed by atoms with Crippen LogP contribution in [0.3, 0.4) is 0 Å². The van der Waals surface area contributed by atoms with Crippen molar-refractivity contribution >= 4 is 40.8 Å². The predicted octanol–water partition coefficient (Wildman–Crippen LogP) is 2.46. The molecule has 27 heavy (non-hydrogen) atoms. The molecule has 0 saturated carbocycles. The van der Waals surface area contributed by atoms with Crippen LogP contribution in [0.2, 0.25) is 0 Å². The average molecular weight is 418 g/mol. The normalized spacial score (nSPS) is 13.3. The summed E-state index contributed by atoms with van der Waals surface area (Å²) in [6, 6.07) is 5.95. The van der Waals surface area contributed by atoms with Crippen LogP contribution in [0.25, 0.3) is 0 Å². The van der Waals surface area contributed by atoms with Crippen molar-refractivity contribution in [1.29, 1.82) is 0 Å². The highest BCUT2D eigenvalue weighted by Crippen LogP contribution is 2.16. The minimum Gasteiger partial charge on any atom is -0.480 e. The second-order valence-corrected chi connectivity index (χ2v) is 7.63. The molecule has 152 valence electrons. The molecular formula is C19H29Cl2N3O3. The first kappa shape index (κ1) is 23.5. The number of carbonyl (C=O) groups is 2. The molecule has 4 N–H and O–H groups in total. The molecule has 1 aromatic rings. The number of hydrogen-bond donors (Lipinski definition) is 3. The molecule has 1 amide bonds. The van der Waals surface area contributed by atoms with E-state index in [4.69, 9.17) is 28.9 Å². The highest BCUT2D eigenvalue weighted by Gasteiger charge is 2.24. The van der Waals surface area contributed by atoms with Crippen LogP contribution < -0.4 is 16.0 Å². The molecule has 1 rings (SSSR count). The Morgan fingerprint density at radius 1 is 1.15 bits per heavy atom. The van der Waals surface area contributed by atoms with Crippen molar-refractivity contribution in [2.75, 3.05) is 29.7 Å². The van der Waals surface area contributed by atoms with Gasteiger partial charge in [0, 0.05) is 30.5 Å². The Kier molecular flexibility index (Phi) is 10.5. The summed E-state index contributed by atoms with van der Waals surface area (Å²) in [6.45, 7) is 5.20. The summed E-state index contributed by atoms with van der Waals surface area (Å²) in [5.74, 6) is -0.347. The minimum atomic E-state index is -1.05. The number of hydrogen-bond acceptors (Lipinski definition) is 4. The second-order valence-electron chi connectivity index (χ2n) is 6.87. The molecule has 0 fully saturated rings. The number of amides is 1. The topological polar surface area (TPSA) is 95.7 Å². The SMILES string of the molecule is CC(C)C[C@H](NC(=O)[C@@H](N)Cc1ccc(N(CCCl)CCCl)cc1)C(=O)O. The first-order chi connectivity index (χ1) is 12.8. The molecule has 8 heteroatoms. The summed E-state index contributed by atoms with van der Waals surface area (Å²) >= 11 is 11.6. The van der Waals surface area contributed by atoms with Gasteiger partial charge in [-0.15, -0.1) is 23.2 Å². The average Bonchev–Trinajstić information content (AvgIpc) is 2.61. The summed E-state index contributed by atoms with van der Waals surface area (Å²) < 4.78 is 0. The van der Waals surface area contributed by atoms with Gasteiger partial charge in [0.15, 0.2) is 0 Å². The van der Waals surface area contributed by atoms with Crippen LogP contribution in [0.15, 0.2) is 24.3 Å². The summed E-state index contributed by atoms with van der Waals surface area (Å²) in [4.78, 5) is 25.6. The number of anilines is 1. The van der Waals surface area contributed by atoms with Gasteiger partial charge >= 0.3 is 5.97 Å². The van der Waals surface area contributed by atoms with E-state index >= 15 is 0 Å². The lowest BCUT2D eigenvalue weighted by Gasteiger charge is -2.23. The molecule has 0 aliphatic heterocycles. The fourth-order valence-corrected chi connectivity index (χ4v) is 3.14. The van der Waals surface area contributed by atoms with Crippen LogP contribution >= 0.6 is 23.2 Å². The third-order valence-corrected chi connectivity index (χ3v) is 4.46. The molecule has 0 bridgehead atoms. The van der Waals surface area contributed by atoms with E-state index < -0.39 is 24.0 Å². The van der Waals surface area contributed by atoms with Crippen LogP contribution in [0.1, 0.15) is 25.8 Å². The quantitative estimate of drug-likeness (QED) is 0.454. The van der Waals surface area contributed by atoms with Crippen molar-refractivity contribution in [3.05, 3.63) is 29.8 Å². The minimum absolute atomic E-state index is 0.152. The van der Waals surface area contributed by atoms with Crippen LogP contribution in [-0.4, -0.2) is 53.9 Å². The number of halogens is 2. The maximum absolute atomic E-state index is 12.3. The molecule has 0 spiro atoms. The van der Waals surface area contributed by atoms with Crippen molar-refractivity contribution in [1.82, 2.24) is 5.32 Å². The van der Waals surface area contributed by atoms with E-state index in [-0.39, 0.29) is 5.92 Å². The number of carboxylic acid groups (broad SMARTS) is 1. The zero-order chi connectivity index (χ0) is 20.4. The smallest absolute Gasteiger partial charge is 0.326 e. The first-order valence-corrected chi connectivity index (χ1v) is 10.1. The molecular weight excluding hydrogens is 389 g/mol. The Morgan fingerprint density at radius 2 is 1.70 bits per heavy atom. The number of nitrogens with two attached hydrogens (primary N) is 1. The lowest BCUT2D eigenvalue weighted by Crippen LogP contribution is -2.49. The van der Waals surface area contributed by atoms with Gasteiger partial charge in [-0.1, -0.05) is 26.0 Å². The molecule has 0 aliphatic carbocycles. The van der Waals surface area contributed by atoms with Gasteiger partial charge in [0.1, 0.15) is 6.04 Å². The zero-order valence-electron chi connectivity index (χ0n) is 15.8. The molecule has 0 aromatic heterocycles. The summed E-state index contributed by atoms with van der Waals surface area (Å²) in [5, 5.41) is 11.8. The molecule has 0 unspecified atom stereocenters. The number of carbonyl (C=O) groups excluding carboxylic acids is 1. The van der Waals surface area contributed by atoms with Gasteiger partial charge in [-0.05, 0) is 36.5 Å². The van der Waals surface area contributed by atoms with E-state index in [2.05, 4.69) is 10.2 Å². The van der Waals surface area contributed by atoms with Gasteiger partial charge in [0.05, 0.1) is 6.04 Å². The predicted molar refractivity (Wildman–Crippen MR) is 111 cm³/mol. The van der Waals surface area contributed by atoms with Crippen molar-refractivity contribution in [3.63, 3.8) is 0 Å². The van der Waals surface area contributed by atoms with Crippen LogP contribution in [0, 0.1) is 5.92 Å². The van der Waals surface area contributed by atoms with E-state index in [1.807, 2.05) is 38.1 Å². The van der Waals surface area contributed by atoms with Gasteiger partial charge in [0.2, 0.25) is 5.91 Å². The maximum atomic E-state index is 12.3. The molecule has 6 nitrogen and oxygen atoms in total. The lowest BCUT2D eigenvalue weighted by atomic mass is 10.0. The zero-order valence-corrected chi connectivity index (χ0v) is 17.3. The second kappa shape index (κ2) is 12.1. The number of nitrogens with zero attached hydrogens (tertiary/aromatic N) is 1. The van der Waals surface area contributed by atoms with Gasteiger partial charge in [0.25, 0.3) is 0 Å². The lowest BCUT2D eigenvalue weighted by molar-refractivity contribution is -0.142. The Labute approximate surface area is 171 Å². The Hall–Kier alpha value is -1.50. The van der Waals surface area contributed by atoms with E-state index in [9.17, 15) is 14.7 Å². The largest absolute Gasteiger partial charge is 0.480 e. The molecule has 1 aromatic carbocycles. The van der Waals surface area contributed by atoms with Crippen molar-refractivity contribution in [2.24, 2.45) is 11.7 Å². The fraction of sp³-hybridized carbons (Fsp3) is 0.579. The molecule has 0 radical (unpaired) electrons. The molecule has 0 saturated heterocycles. The van der Waals surface area contributed by atoms with Crippen LogP contribution in [-0.2, 0) is 16.0 Å². The van der Waals surface area contributed by atoms with E-state index in [0.717, 1.165) is 11.3 Å². The van der Waals surface area contributed by atoms with Gasteiger partial charge in [-0.2, -0.15) is 0 Å². The van der Waals surface area contributed by atoms with Gasteiger partial charge in [-0.3, -0.25) is 4.79 Å². The number of alkyl halides is 2. The van der Waals surface area contributed by atoms with Crippen LogP contribution in [0.5, 0.6) is 0 Å². The Morgan fingerprint density at radius 3 is 2.15 bits per heavy atom. The van der Waals surface area contributed by atoms with Crippen molar-refractivity contribution < 1.29 is 14.7 Å². The van der Waals surface area contributed by atoms with Gasteiger partial charge < -0.3 is 21.1 Å².